The van der Waals surface area contributed by atoms with E-state index in [-0.39, 0.29) is 0 Å². The van der Waals surface area contributed by atoms with E-state index in [1.54, 1.807) is 0 Å². The van der Waals surface area contributed by atoms with Crippen molar-refractivity contribution in [1.29, 1.82) is 0 Å². The van der Waals surface area contributed by atoms with Crippen LogP contribution in [0.2, 0.25) is 0 Å². The van der Waals surface area contributed by atoms with Gasteiger partial charge in [-0.05, 0) is 17.7 Å². The van der Waals surface area contributed by atoms with Crippen molar-refractivity contribution in [3.8, 4) is 0 Å². The molecule has 0 bridgehead atoms. The lowest BCUT2D eigenvalue weighted by molar-refractivity contribution is 0.796. The molecule has 1 aromatic heterocycles. The molecule has 0 saturated carbocycles. The Hall–Kier alpha value is -0.870. The highest BCUT2D eigenvalue weighted by atomic mass is 79.9. The Morgan fingerprint density at radius 3 is 3.00 bits per heavy atom. The molecule has 2 rings (SSSR count). The average molecular weight is 240 g/mol. The van der Waals surface area contributed by atoms with Crippen molar-refractivity contribution < 1.29 is 0 Å². The van der Waals surface area contributed by atoms with Crippen molar-refractivity contribution in [2.75, 3.05) is 0 Å². The Kier molecular flexibility index (Phi) is 2.09. The van der Waals surface area contributed by atoms with Gasteiger partial charge in [0.05, 0.1) is 11.7 Å². The van der Waals surface area contributed by atoms with Crippen molar-refractivity contribution >= 4 is 26.8 Å². The molecule has 0 amide bonds. The number of benzene rings is 1. The summed E-state index contributed by atoms with van der Waals surface area (Å²) in [6.07, 6.45) is 1.85. The van der Waals surface area contributed by atoms with Crippen LogP contribution in [0, 0.1) is 0 Å². The number of fused-ring (bicyclic) bond motifs is 1. The molecule has 1 heterocycles. The van der Waals surface area contributed by atoms with E-state index in [0.29, 0.717) is 6.54 Å². The number of hydrogen-bond acceptors (Lipinski definition) is 2. The van der Waals surface area contributed by atoms with E-state index in [4.69, 9.17) is 5.73 Å². The number of nitrogens with zero attached hydrogens (tertiary/aromatic N) is 2. The van der Waals surface area contributed by atoms with Gasteiger partial charge < -0.3 is 5.73 Å². The predicted molar refractivity (Wildman–Crippen MR) is 56.3 cm³/mol. The van der Waals surface area contributed by atoms with Gasteiger partial charge in [-0.2, -0.15) is 5.10 Å². The third-order valence-corrected chi connectivity index (χ3v) is 2.87. The minimum Gasteiger partial charge on any atom is -0.326 e. The van der Waals surface area contributed by atoms with Gasteiger partial charge in [0.25, 0.3) is 0 Å². The number of aromatic nitrogens is 2. The van der Waals surface area contributed by atoms with Gasteiger partial charge in [-0.15, -0.1) is 0 Å². The lowest BCUT2D eigenvalue weighted by atomic mass is 10.1. The number of hydrogen-bond donors (Lipinski definition) is 1. The molecule has 0 aliphatic carbocycles. The van der Waals surface area contributed by atoms with Gasteiger partial charge >= 0.3 is 0 Å². The highest BCUT2D eigenvalue weighted by Gasteiger charge is 2.04. The van der Waals surface area contributed by atoms with Crippen LogP contribution in [0.1, 0.15) is 5.56 Å². The molecule has 0 atom stereocenters. The van der Waals surface area contributed by atoms with Crippen LogP contribution >= 0.6 is 15.9 Å². The molecule has 68 valence electrons. The summed E-state index contributed by atoms with van der Waals surface area (Å²) >= 11 is 3.48. The van der Waals surface area contributed by atoms with Crippen LogP contribution in [-0.2, 0) is 13.6 Å². The fourth-order valence-electron chi connectivity index (χ4n) is 1.38. The Morgan fingerprint density at radius 2 is 2.31 bits per heavy atom. The quantitative estimate of drug-likeness (QED) is 0.825. The van der Waals surface area contributed by atoms with Crippen molar-refractivity contribution in [2.24, 2.45) is 12.8 Å². The van der Waals surface area contributed by atoms with Gasteiger partial charge in [-0.25, -0.2) is 0 Å². The van der Waals surface area contributed by atoms with Crippen LogP contribution < -0.4 is 5.73 Å². The minimum atomic E-state index is 0.547. The second kappa shape index (κ2) is 3.12. The summed E-state index contributed by atoms with van der Waals surface area (Å²) in [5.41, 5.74) is 7.82. The van der Waals surface area contributed by atoms with Crippen LogP contribution in [0.4, 0.5) is 0 Å². The van der Waals surface area contributed by atoms with Gasteiger partial charge in [0.1, 0.15) is 0 Å². The standard InChI is InChI=1S/C9H10BrN3/c1-13-9-3-8(10)6(4-11)2-7(9)5-12-13/h2-3,5H,4,11H2,1H3. The molecule has 3 nitrogen and oxygen atoms in total. The zero-order valence-electron chi connectivity index (χ0n) is 7.29. The van der Waals surface area contributed by atoms with Crippen LogP contribution in [0.15, 0.2) is 22.8 Å². The van der Waals surface area contributed by atoms with Crippen LogP contribution in [0.3, 0.4) is 0 Å². The molecule has 13 heavy (non-hydrogen) atoms. The fourth-order valence-corrected chi connectivity index (χ4v) is 1.87. The fraction of sp³-hybridized carbons (Fsp3) is 0.222. The largest absolute Gasteiger partial charge is 0.326 e. The molecule has 0 fully saturated rings. The smallest absolute Gasteiger partial charge is 0.0690 e. The Morgan fingerprint density at radius 1 is 1.54 bits per heavy atom. The molecule has 1 aromatic carbocycles. The lowest BCUT2D eigenvalue weighted by Crippen LogP contribution is -1.97. The van der Waals surface area contributed by atoms with Crippen molar-refractivity contribution in [3.05, 3.63) is 28.4 Å². The summed E-state index contributed by atoms with van der Waals surface area (Å²) in [6.45, 7) is 0.547. The third-order valence-electron chi connectivity index (χ3n) is 2.13. The lowest BCUT2D eigenvalue weighted by Gasteiger charge is -2.01. The molecule has 0 aliphatic rings. The summed E-state index contributed by atoms with van der Waals surface area (Å²) < 4.78 is 2.89. The first-order chi connectivity index (χ1) is 6.22. The van der Waals surface area contributed by atoms with E-state index >= 15 is 0 Å². The maximum atomic E-state index is 5.59. The zero-order valence-corrected chi connectivity index (χ0v) is 8.87. The zero-order chi connectivity index (χ0) is 9.42. The van der Waals surface area contributed by atoms with Crippen LogP contribution in [0.5, 0.6) is 0 Å². The van der Waals surface area contributed by atoms with Crippen molar-refractivity contribution in [1.82, 2.24) is 9.78 Å². The summed E-state index contributed by atoms with van der Waals surface area (Å²) in [5, 5.41) is 5.30. The Labute approximate surface area is 84.7 Å². The van der Waals surface area contributed by atoms with Crippen LogP contribution in [-0.4, -0.2) is 9.78 Å². The normalized spacial score (nSPS) is 11.0. The van der Waals surface area contributed by atoms with E-state index in [1.165, 1.54) is 0 Å². The minimum absolute atomic E-state index is 0.547. The molecule has 0 spiro atoms. The summed E-state index contributed by atoms with van der Waals surface area (Å²) in [7, 11) is 1.93. The molecule has 2 N–H and O–H groups in total. The molecule has 0 aliphatic heterocycles. The summed E-state index contributed by atoms with van der Waals surface area (Å²) in [5.74, 6) is 0. The SMILES string of the molecule is Cn1ncc2cc(CN)c(Br)cc21. The van der Waals surface area contributed by atoms with Gasteiger partial charge in [0.2, 0.25) is 0 Å². The van der Waals surface area contributed by atoms with Gasteiger partial charge in [-0.3, -0.25) is 4.68 Å². The second-order valence-corrected chi connectivity index (χ2v) is 3.83. The first kappa shape index (κ1) is 8.72. The molecule has 0 saturated heterocycles. The topological polar surface area (TPSA) is 43.8 Å². The molecule has 0 radical (unpaired) electrons. The molecule has 2 aromatic rings. The van der Waals surface area contributed by atoms with E-state index in [1.807, 2.05) is 24.0 Å². The van der Waals surface area contributed by atoms with Crippen molar-refractivity contribution in [2.45, 2.75) is 6.54 Å². The number of halogens is 1. The first-order valence-corrected chi connectivity index (χ1v) is 4.82. The second-order valence-electron chi connectivity index (χ2n) is 2.97. The highest BCUT2D eigenvalue weighted by Crippen LogP contribution is 2.23. The monoisotopic (exact) mass is 239 g/mol. The summed E-state index contributed by atoms with van der Waals surface area (Å²) in [4.78, 5) is 0. The van der Waals surface area contributed by atoms with Gasteiger partial charge in [0, 0.05) is 23.5 Å². The Balaban J connectivity index is 2.76. The summed E-state index contributed by atoms with van der Waals surface area (Å²) in [6, 6.07) is 4.11. The first-order valence-electron chi connectivity index (χ1n) is 4.02. The maximum Gasteiger partial charge on any atom is 0.0690 e. The molecular weight excluding hydrogens is 230 g/mol. The average Bonchev–Trinajstić information content (AvgIpc) is 2.47. The van der Waals surface area contributed by atoms with E-state index in [2.05, 4.69) is 27.1 Å². The van der Waals surface area contributed by atoms with Crippen molar-refractivity contribution in [3.63, 3.8) is 0 Å². The number of nitrogens with two attached hydrogens (primary N) is 1. The van der Waals surface area contributed by atoms with E-state index in [0.717, 1.165) is 20.9 Å². The third kappa shape index (κ3) is 1.36. The van der Waals surface area contributed by atoms with E-state index < -0.39 is 0 Å². The van der Waals surface area contributed by atoms with Crippen LogP contribution in [0.25, 0.3) is 10.9 Å². The molecular formula is C9H10BrN3. The maximum absolute atomic E-state index is 5.59. The number of rotatable bonds is 1. The van der Waals surface area contributed by atoms with E-state index in [9.17, 15) is 0 Å². The van der Waals surface area contributed by atoms with Gasteiger partial charge in [0.15, 0.2) is 0 Å². The van der Waals surface area contributed by atoms with Gasteiger partial charge in [-0.1, -0.05) is 15.9 Å². The predicted octanol–water partition coefficient (Wildman–Crippen LogP) is 1.79. The molecule has 0 unspecified atom stereocenters. The number of aryl methyl sites for hydroxylation is 1. The Bertz CT molecular complexity index is 447. The highest BCUT2D eigenvalue weighted by molar-refractivity contribution is 9.10. The molecule has 4 heteroatoms.